The fraction of sp³-hybridized carbons (Fsp3) is 0.500. The van der Waals surface area contributed by atoms with E-state index in [0.717, 1.165) is 6.42 Å². The van der Waals surface area contributed by atoms with Crippen molar-refractivity contribution in [2.45, 2.75) is 19.9 Å². The quantitative estimate of drug-likeness (QED) is 0.738. The van der Waals surface area contributed by atoms with Gasteiger partial charge in [0.2, 0.25) is 0 Å². The summed E-state index contributed by atoms with van der Waals surface area (Å²) in [6.07, 6.45) is 0.910. The van der Waals surface area contributed by atoms with Crippen LogP contribution in [0.5, 0.6) is 0 Å². The van der Waals surface area contributed by atoms with E-state index in [2.05, 4.69) is 0 Å². The Morgan fingerprint density at radius 3 is 2.55 bits per heavy atom. The Labute approximate surface area is 78.5 Å². The van der Waals surface area contributed by atoms with Gasteiger partial charge in [-0.25, -0.2) is 0 Å². The summed E-state index contributed by atoms with van der Waals surface area (Å²) in [6, 6.07) is 0. The molecule has 0 amide bonds. The minimum absolute atomic E-state index is 0.144. The van der Waals surface area contributed by atoms with Crippen LogP contribution in [-0.2, 0) is 6.54 Å². The average molecular weight is 212 g/mol. The highest BCUT2D eigenvalue weighted by Crippen LogP contribution is 2.23. The Bertz CT molecular complexity index is 304. The molecule has 62 valence electrons. The van der Waals surface area contributed by atoms with Gasteiger partial charge in [-0.1, -0.05) is 30.1 Å². The molecule has 0 atom stereocenters. The Morgan fingerprint density at radius 1 is 1.55 bits per heavy atom. The van der Waals surface area contributed by atoms with Crippen LogP contribution < -0.4 is 5.56 Å². The maximum atomic E-state index is 11.1. The molecule has 5 heteroatoms. The van der Waals surface area contributed by atoms with E-state index in [0.29, 0.717) is 10.9 Å². The Morgan fingerprint density at radius 2 is 2.18 bits per heavy atom. The second kappa shape index (κ2) is 3.61. The first kappa shape index (κ1) is 9.10. The molecule has 0 aliphatic carbocycles. The lowest BCUT2D eigenvalue weighted by atomic mass is 10.5. The van der Waals surface area contributed by atoms with Crippen molar-refractivity contribution in [3.63, 3.8) is 0 Å². The van der Waals surface area contributed by atoms with E-state index in [1.165, 1.54) is 11.5 Å². The molecular formula is C6H7Cl2NOS. The molecule has 0 aromatic carbocycles. The first-order valence-electron chi connectivity index (χ1n) is 3.22. The van der Waals surface area contributed by atoms with Crippen molar-refractivity contribution in [3.05, 3.63) is 19.7 Å². The van der Waals surface area contributed by atoms with Crippen molar-refractivity contribution in [1.29, 1.82) is 0 Å². The third kappa shape index (κ3) is 1.78. The maximum Gasteiger partial charge on any atom is 0.280 e. The Kier molecular flexibility index (Phi) is 2.98. The molecule has 1 heterocycles. The van der Waals surface area contributed by atoms with Crippen molar-refractivity contribution >= 4 is 34.7 Å². The highest BCUT2D eigenvalue weighted by Gasteiger charge is 2.09. The van der Waals surface area contributed by atoms with Crippen LogP contribution in [0.3, 0.4) is 0 Å². The van der Waals surface area contributed by atoms with Gasteiger partial charge in [0.05, 0.1) is 0 Å². The van der Waals surface area contributed by atoms with Crippen LogP contribution in [0.15, 0.2) is 4.79 Å². The van der Waals surface area contributed by atoms with E-state index in [-0.39, 0.29) is 10.6 Å². The van der Waals surface area contributed by atoms with Gasteiger partial charge in [0.15, 0.2) is 0 Å². The van der Waals surface area contributed by atoms with Crippen LogP contribution in [0.25, 0.3) is 0 Å². The monoisotopic (exact) mass is 211 g/mol. The van der Waals surface area contributed by atoms with Crippen LogP contribution in [0, 0.1) is 0 Å². The molecule has 1 rings (SSSR count). The van der Waals surface area contributed by atoms with Gasteiger partial charge in [0.1, 0.15) is 9.36 Å². The van der Waals surface area contributed by atoms with E-state index in [4.69, 9.17) is 23.2 Å². The highest BCUT2D eigenvalue weighted by atomic mass is 35.5. The summed E-state index contributed by atoms with van der Waals surface area (Å²) in [5.41, 5.74) is -0.177. The van der Waals surface area contributed by atoms with Crippen molar-refractivity contribution < 1.29 is 0 Å². The molecular weight excluding hydrogens is 205 g/mol. The lowest BCUT2D eigenvalue weighted by Crippen LogP contribution is -2.12. The van der Waals surface area contributed by atoms with Gasteiger partial charge in [0, 0.05) is 6.54 Å². The van der Waals surface area contributed by atoms with Gasteiger partial charge in [-0.2, -0.15) is 0 Å². The topological polar surface area (TPSA) is 22.0 Å². The molecule has 0 fully saturated rings. The minimum Gasteiger partial charge on any atom is -0.267 e. The molecule has 0 saturated carbocycles. The third-order valence-electron chi connectivity index (χ3n) is 1.20. The number of hydrogen-bond donors (Lipinski definition) is 0. The number of aryl methyl sites for hydroxylation is 1. The molecule has 0 saturated heterocycles. The fourth-order valence-electron chi connectivity index (χ4n) is 0.722. The summed E-state index contributed by atoms with van der Waals surface area (Å²) in [5.74, 6) is 0. The van der Waals surface area contributed by atoms with Gasteiger partial charge < -0.3 is 0 Å². The van der Waals surface area contributed by atoms with Crippen molar-refractivity contribution in [1.82, 2.24) is 3.96 Å². The predicted molar refractivity (Wildman–Crippen MR) is 48.9 cm³/mol. The fourth-order valence-corrected chi connectivity index (χ4v) is 2.12. The molecule has 0 unspecified atom stereocenters. The van der Waals surface area contributed by atoms with Gasteiger partial charge >= 0.3 is 0 Å². The molecule has 0 spiro atoms. The zero-order valence-electron chi connectivity index (χ0n) is 5.93. The van der Waals surface area contributed by atoms with Crippen LogP contribution in [0.2, 0.25) is 9.36 Å². The van der Waals surface area contributed by atoms with E-state index in [1.807, 2.05) is 6.92 Å². The normalized spacial score (nSPS) is 10.5. The van der Waals surface area contributed by atoms with Gasteiger partial charge in [0.25, 0.3) is 5.56 Å². The summed E-state index contributed by atoms with van der Waals surface area (Å²) < 4.78 is 1.94. The molecule has 0 bridgehead atoms. The molecule has 1 aromatic rings. The summed E-state index contributed by atoms with van der Waals surface area (Å²) >= 11 is 12.4. The largest absolute Gasteiger partial charge is 0.280 e. The number of aromatic nitrogens is 1. The molecule has 0 N–H and O–H groups in total. The third-order valence-corrected chi connectivity index (χ3v) is 3.09. The predicted octanol–water partition coefficient (Wildman–Crippen LogP) is 2.63. The standard InChI is InChI=1S/C6H7Cl2NOS/c1-2-3-9-6(10)4(7)5(8)11-9/h2-3H2,1H3. The van der Waals surface area contributed by atoms with E-state index >= 15 is 0 Å². The summed E-state index contributed by atoms with van der Waals surface area (Å²) in [6.45, 7) is 2.68. The second-order valence-electron chi connectivity index (χ2n) is 2.09. The molecule has 0 radical (unpaired) electrons. The second-order valence-corrected chi connectivity index (χ2v) is 4.10. The first-order chi connectivity index (χ1) is 5.16. The summed E-state index contributed by atoms with van der Waals surface area (Å²) in [5, 5.41) is 0.144. The lowest BCUT2D eigenvalue weighted by Gasteiger charge is -1.92. The number of halogens is 2. The SMILES string of the molecule is CCCn1sc(Cl)c(Cl)c1=O. The Balaban J connectivity index is 3.09. The molecule has 11 heavy (non-hydrogen) atoms. The maximum absolute atomic E-state index is 11.1. The lowest BCUT2D eigenvalue weighted by molar-refractivity contribution is 0.714. The minimum atomic E-state index is -0.177. The summed E-state index contributed by atoms with van der Waals surface area (Å²) in [4.78, 5) is 11.1. The van der Waals surface area contributed by atoms with Gasteiger partial charge in [-0.15, -0.1) is 0 Å². The molecule has 0 aliphatic rings. The number of rotatable bonds is 2. The number of hydrogen-bond acceptors (Lipinski definition) is 2. The van der Waals surface area contributed by atoms with Crippen LogP contribution in [0.1, 0.15) is 13.3 Å². The molecule has 2 nitrogen and oxygen atoms in total. The first-order valence-corrected chi connectivity index (χ1v) is 4.75. The Hall–Kier alpha value is 0.01000. The van der Waals surface area contributed by atoms with E-state index < -0.39 is 0 Å². The van der Waals surface area contributed by atoms with Crippen LogP contribution in [-0.4, -0.2) is 3.96 Å². The van der Waals surface area contributed by atoms with Crippen LogP contribution >= 0.6 is 34.7 Å². The van der Waals surface area contributed by atoms with Crippen molar-refractivity contribution in [3.8, 4) is 0 Å². The van der Waals surface area contributed by atoms with Gasteiger partial charge in [-0.3, -0.25) is 8.75 Å². The molecule has 1 aromatic heterocycles. The van der Waals surface area contributed by atoms with E-state index in [9.17, 15) is 4.79 Å². The number of nitrogens with zero attached hydrogens (tertiary/aromatic N) is 1. The smallest absolute Gasteiger partial charge is 0.267 e. The highest BCUT2D eigenvalue weighted by molar-refractivity contribution is 7.11. The molecule has 0 aliphatic heterocycles. The van der Waals surface area contributed by atoms with Crippen molar-refractivity contribution in [2.24, 2.45) is 0 Å². The van der Waals surface area contributed by atoms with E-state index in [1.54, 1.807) is 3.96 Å². The summed E-state index contributed by atoms with van der Waals surface area (Å²) in [7, 11) is 0. The van der Waals surface area contributed by atoms with Crippen molar-refractivity contribution in [2.75, 3.05) is 0 Å². The zero-order valence-corrected chi connectivity index (χ0v) is 8.26. The average Bonchev–Trinajstić information content (AvgIpc) is 2.19. The van der Waals surface area contributed by atoms with Gasteiger partial charge in [-0.05, 0) is 18.0 Å². The van der Waals surface area contributed by atoms with Crippen LogP contribution in [0.4, 0.5) is 0 Å². The zero-order chi connectivity index (χ0) is 8.43.